The summed E-state index contributed by atoms with van der Waals surface area (Å²) < 4.78 is 5.37. The topological polar surface area (TPSA) is 39.2 Å². The number of nitrogens with zero attached hydrogens (tertiary/aromatic N) is 1. The Bertz CT molecular complexity index is 587. The Labute approximate surface area is 121 Å². The average molecular weight is 296 g/mol. The fourth-order valence-electron chi connectivity index (χ4n) is 1.53. The van der Waals surface area contributed by atoms with E-state index < -0.39 is 0 Å². The van der Waals surface area contributed by atoms with Crippen LogP contribution in [0.5, 0.6) is 5.75 Å². The van der Waals surface area contributed by atoms with Crippen LogP contribution in [0.3, 0.4) is 0 Å². The summed E-state index contributed by atoms with van der Waals surface area (Å²) >= 11 is 11.8. The van der Waals surface area contributed by atoms with Crippen LogP contribution >= 0.6 is 23.2 Å². The number of pyridine rings is 1. The van der Waals surface area contributed by atoms with E-state index in [1.807, 2.05) is 0 Å². The number of carbonyl (C=O) groups excluding carboxylic acids is 1. The lowest BCUT2D eigenvalue weighted by Crippen LogP contribution is -2.14. The van der Waals surface area contributed by atoms with Gasteiger partial charge in [0.2, 0.25) is 0 Å². The van der Waals surface area contributed by atoms with Crippen molar-refractivity contribution in [3.05, 3.63) is 58.3 Å². The number of hydrogen-bond acceptors (Lipinski definition) is 3. The summed E-state index contributed by atoms with van der Waals surface area (Å²) in [4.78, 5) is 15.7. The van der Waals surface area contributed by atoms with Crippen LogP contribution in [0.15, 0.2) is 42.7 Å². The van der Waals surface area contributed by atoms with Crippen molar-refractivity contribution in [2.75, 3.05) is 6.61 Å². The maximum Gasteiger partial charge on any atom is 0.174 e. The van der Waals surface area contributed by atoms with E-state index >= 15 is 0 Å². The smallest absolute Gasteiger partial charge is 0.174 e. The number of ketones is 1. The molecule has 0 spiro atoms. The molecule has 2 rings (SSSR count). The number of ether oxygens (including phenoxy) is 1. The lowest BCUT2D eigenvalue weighted by molar-refractivity contribution is -0.120. The molecule has 98 valence electrons. The monoisotopic (exact) mass is 295 g/mol. The van der Waals surface area contributed by atoms with Gasteiger partial charge < -0.3 is 4.74 Å². The van der Waals surface area contributed by atoms with Crippen LogP contribution < -0.4 is 4.74 Å². The quantitative estimate of drug-likeness (QED) is 0.846. The highest BCUT2D eigenvalue weighted by Crippen LogP contribution is 2.18. The van der Waals surface area contributed by atoms with Crippen LogP contribution in [0.1, 0.15) is 5.56 Å². The normalized spacial score (nSPS) is 10.2. The highest BCUT2D eigenvalue weighted by Gasteiger charge is 2.08. The maximum atomic E-state index is 11.8. The van der Waals surface area contributed by atoms with E-state index in [1.54, 1.807) is 36.5 Å². The number of rotatable bonds is 5. The van der Waals surface area contributed by atoms with Gasteiger partial charge in [-0.3, -0.25) is 9.78 Å². The van der Waals surface area contributed by atoms with Crippen LogP contribution in [0, 0.1) is 0 Å². The van der Waals surface area contributed by atoms with Crippen molar-refractivity contribution < 1.29 is 9.53 Å². The molecular formula is C14H11Cl2NO2. The number of carbonyl (C=O) groups is 1. The minimum absolute atomic E-state index is 0.0149. The zero-order valence-corrected chi connectivity index (χ0v) is 11.5. The van der Waals surface area contributed by atoms with Crippen LogP contribution in [0.2, 0.25) is 10.0 Å². The largest absolute Gasteiger partial charge is 0.486 e. The van der Waals surface area contributed by atoms with Crippen LogP contribution in [-0.4, -0.2) is 17.4 Å². The number of hydrogen-bond donors (Lipinski definition) is 0. The molecule has 1 aromatic heterocycles. The molecule has 0 amide bonds. The van der Waals surface area contributed by atoms with Crippen molar-refractivity contribution in [2.24, 2.45) is 0 Å². The SMILES string of the molecule is O=C(COc1cccc(Cl)c1)Cc1ccncc1Cl. The van der Waals surface area contributed by atoms with Gasteiger partial charge in [-0.05, 0) is 29.8 Å². The van der Waals surface area contributed by atoms with Gasteiger partial charge in [0.1, 0.15) is 12.4 Å². The molecule has 0 aliphatic rings. The number of aromatic nitrogens is 1. The highest BCUT2D eigenvalue weighted by atomic mass is 35.5. The van der Waals surface area contributed by atoms with Crippen LogP contribution in [0.25, 0.3) is 0 Å². The Morgan fingerprint density at radius 1 is 1.26 bits per heavy atom. The van der Waals surface area contributed by atoms with Gasteiger partial charge in [-0.25, -0.2) is 0 Å². The van der Waals surface area contributed by atoms with Gasteiger partial charge in [-0.15, -0.1) is 0 Å². The molecular weight excluding hydrogens is 285 g/mol. The molecule has 0 bridgehead atoms. The first-order valence-corrected chi connectivity index (χ1v) is 6.39. The Balaban J connectivity index is 1.90. The standard InChI is InChI=1S/C14H11Cl2NO2/c15-11-2-1-3-13(7-11)19-9-12(18)6-10-4-5-17-8-14(10)16/h1-5,7-8H,6,9H2. The Morgan fingerprint density at radius 2 is 2.11 bits per heavy atom. The van der Waals surface area contributed by atoms with Gasteiger partial charge in [0.15, 0.2) is 5.78 Å². The molecule has 0 saturated carbocycles. The highest BCUT2D eigenvalue weighted by molar-refractivity contribution is 6.31. The third-order valence-corrected chi connectivity index (χ3v) is 3.02. The molecule has 0 aliphatic heterocycles. The number of benzene rings is 1. The summed E-state index contributed by atoms with van der Waals surface area (Å²) in [5.74, 6) is 0.509. The third-order valence-electron chi connectivity index (χ3n) is 2.44. The molecule has 2 aromatic rings. The van der Waals surface area contributed by atoms with Crippen molar-refractivity contribution in [1.82, 2.24) is 4.98 Å². The third kappa shape index (κ3) is 4.23. The van der Waals surface area contributed by atoms with Crippen molar-refractivity contribution in [3.8, 4) is 5.75 Å². The minimum Gasteiger partial charge on any atom is -0.486 e. The fraction of sp³-hybridized carbons (Fsp3) is 0.143. The van der Waals surface area contributed by atoms with Crippen LogP contribution in [-0.2, 0) is 11.2 Å². The Kier molecular flexibility index (Phi) is 4.77. The predicted molar refractivity (Wildman–Crippen MR) is 74.9 cm³/mol. The van der Waals surface area contributed by atoms with Gasteiger partial charge in [0.05, 0.1) is 5.02 Å². The summed E-state index contributed by atoms with van der Waals surface area (Å²) in [7, 11) is 0. The van der Waals surface area contributed by atoms with Crippen molar-refractivity contribution in [1.29, 1.82) is 0 Å². The lowest BCUT2D eigenvalue weighted by Gasteiger charge is -2.06. The van der Waals surface area contributed by atoms with E-state index in [9.17, 15) is 4.79 Å². The van der Waals surface area contributed by atoms with Gasteiger partial charge in [-0.2, -0.15) is 0 Å². The van der Waals surface area contributed by atoms with Crippen molar-refractivity contribution in [2.45, 2.75) is 6.42 Å². The first-order chi connectivity index (χ1) is 9.15. The van der Waals surface area contributed by atoms with E-state index in [0.717, 1.165) is 5.56 Å². The number of Topliss-reactive ketones (excluding diaryl/α,β-unsaturated/α-hetero) is 1. The molecule has 19 heavy (non-hydrogen) atoms. The van der Waals surface area contributed by atoms with Crippen LogP contribution in [0.4, 0.5) is 0 Å². The van der Waals surface area contributed by atoms with E-state index in [2.05, 4.69) is 4.98 Å². The van der Waals surface area contributed by atoms with Gasteiger partial charge in [0, 0.05) is 23.8 Å². The van der Waals surface area contributed by atoms with E-state index in [4.69, 9.17) is 27.9 Å². The number of halogens is 2. The maximum absolute atomic E-state index is 11.8. The summed E-state index contributed by atoms with van der Waals surface area (Å²) in [6.45, 7) is -0.0149. The zero-order chi connectivity index (χ0) is 13.7. The molecule has 5 heteroatoms. The molecule has 0 N–H and O–H groups in total. The summed E-state index contributed by atoms with van der Waals surface area (Å²) in [5, 5.41) is 1.06. The van der Waals surface area contributed by atoms with Gasteiger partial charge in [0.25, 0.3) is 0 Å². The second-order valence-electron chi connectivity index (χ2n) is 3.93. The summed E-state index contributed by atoms with van der Waals surface area (Å²) in [5.41, 5.74) is 0.747. The zero-order valence-electron chi connectivity index (χ0n) is 9.98. The van der Waals surface area contributed by atoms with E-state index in [1.165, 1.54) is 6.20 Å². The van der Waals surface area contributed by atoms with Gasteiger partial charge in [-0.1, -0.05) is 29.3 Å². The molecule has 0 unspecified atom stereocenters. The Hall–Kier alpha value is -1.58. The van der Waals surface area contributed by atoms with E-state index in [-0.39, 0.29) is 18.8 Å². The van der Waals surface area contributed by atoms with Gasteiger partial charge >= 0.3 is 0 Å². The molecule has 0 aliphatic carbocycles. The molecule has 3 nitrogen and oxygen atoms in total. The fourth-order valence-corrected chi connectivity index (χ4v) is 1.90. The lowest BCUT2D eigenvalue weighted by atomic mass is 10.1. The molecule has 1 heterocycles. The van der Waals surface area contributed by atoms with E-state index in [0.29, 0.717) is 15.8 Å². The molecule has 0 fully saturated rings. The average Bonchev–Trinajstić information content (AvgIpc) is 2.39. The summed E-state index contributed by atoms with van der Waals surface area (Å²) in [6.07, 6.45) is 3.34. The second kappa shape index (κ2) is 6.55. The molecule has 0 atom stereocenters. The molecule has 0 radical (unpaired) electrons. The molecule has 1 aromatic carbocycles. The Morgan fingerprint density at radius 3 is 2.84 bits per heavy atom. The van der Waals surface area contributed by atoms with Crippen molar-refractivity contribution in [3.63, 3.8) is 0 Å². The first-order valence-electron chi connectivity index (χ1n) is 5.63. The summed E-state index contributed by atoms with van der Waals surface area (Å²) in [6, 6.07) is 8.64. The first kappa shape index (κ1) is 13.8. The second-order valence-corrected chi connectivity index (χ2v) is 4.77. The molecule has 0 saturated heterocycles. The minimum atomic E-state index is -0.0620. The predicted octanol–water partition coefficient (Wildman–Crippen LogP) is 3.58. The van der Waals surface area contributed by atoms with Crippen molar-refractivity contribution >= 4 is 29.0 Å².